The van der Waals surface area contributed by atoms with Crippen molar-refractivity contribution < 1.29 is 22.3 Å². The molecule has 3 aromatic heterocycles. The van der Waals surface area contributed by atoms with Gasteiger partial charge in [0.15, 0.2) is 27.3 Å². The largest absolute Gasteiger partial charge is 0.494 e. The maximum Gasteiger partial charge on any atom is 0.170 e. The molecule has 10 nitrogen and oxygen atoms in total. The number of halogens is 1. The van der Waals surface area contributed by atoms with E-state index in [2.05, 4.69) is 25.1 Å². The highest BCUT2D eigenvalue weighted by Gasteiger charge is 2.29. The Morgan fingerprint density at radius 3 is 2.22 bits per heavy atom. The number of aryl methyl sites for hydroxylation is 1. The van der Waals surface area contributed by atoms with Gasteiger partial charge >= 0.3 is 0 Å². The molecule has 12 heteroatoms. The van der Waals surface area contributed by atoms with E-state index in [1.165, 1.54) is 14.2 Å². The van der Waals surface area contributed by atoms with Crippen LogP contribution in [0.5, 0.6) is 11.5 Å². The summed E-state index contributed by atoms with van der Waals surface area (Å²) < 4.78 is 52.7. The number of hydrogen-bond donors (Lipinski definition) is 0. The maximum atomic E-state index is 13.4. The zero-order valence-corrected chi connectivity index (χ0v) is 21.0. The Hall–Kier alpha value is -3.93. The highest BCUT2D eigenvalue weighted by atomic mass is 32.2. The van der Waals surface area contributed by atoms with E-state index < -0.39 is 26.7 Å². The highest BCUT2D eigenvalue weighted by molar-refractivity contribution is 7.91. The van der Waals surface area contributed by atoms with Gasteiger partial charge in [-0.05, 0) is 38.1 Å². The van der Waals surface area contributed by atoms with Gasteiger partial charge in [0.05, 0.1) is 31.9 Å². The Bertz CT molecular complexity index is 1430. The average molecular weight is 513 g/mol. The van der Waals surface area contributed by atoms with E-state index in [9.17, 15) is 12.8 Å². The van der Waals surface area contributed by atoms with E-state index in [1.54, 1.807) is 35.9 Å². The zero-order valence-electron chi connectivity index (χ0n) is 20.2. The van der Waals surface area contributed by atoms with E-state index in [0.29, 0.717) is 28.6 Å². The van der Waals surface area contributed by atoms with Gasteiger partial charge in [0.25, 0.3) is 0 Å². The standard InChI is InChI=1S/C24H25FN6O4S/c1-15-8-9-17(11-26-15)24-30-29-22(31(24)23-19(34-3)6-5-7-20(23)35-4)14-36(32,33)16(2)10-21-27-12-18(25)13-28-21/h5-9,11-13,16H,10,14H2,1-4H3/t16-/m1/s1. The fourth-order valence-electron chi connectivity index (χ4n) is 3.63. The van der Waals surface area contributed by atoms with Crippen molar-refractivity contribution in [2.24, 2.45) is 0 Å². The van der Waals surface area contributed by atoms with E-state index >= 15 is 0 Å². The first kappa shape index (κ1) is 25.2. The van der Waals surface area contributed by atoms with Crippen molar-refractivity contribution in [3.8, 4) is 28.6 Å². The number of hydrogen-bond acceptors (Lipinski definition) is 9. The maximum absolute atomic E-state index is 13.4. The smallest absolute Gasteiger partial charge is 0.170 e. The van der Waals surface area contributed by atoms with Gasteiger partial charge < -0.3 is 9.47 Å². The van der Waals surface area contributed by atoms with Crippen LogP contribution in [0.25, 0.3) is 17.1 Å². The fourth-order valence-corrected chi connectivity index (χ4v) is 4.87. The van der Waals surface area contributed by atoms with Crippen molar-refractivity contribution in [3.05, 3.63) is 72.1 Å². The lowest BCUT2D eigenvalue weighted by molar-refractivity contribution is 0.391. The zero-order chi connectivity index (χ0) is 25.9. The molecule has 0 N–H and O–H groups in total. The number of para-hydroxylation sites is 1. The van der Waals surface area contributed by atoms with Crippen molar-refractivity contribution in [2.75, 3.05) is 14.2 Å². The highest BCUT2D eigenvalue weighted by Crippen LogP contribution is 2.36. The summed E-state index contributed by atoms with van der Waals surface area (Å²) in [6, 6.07) is 8.90. The molecule has 0 radical (unpaired) electrons. The molecule has 0 saturated carbocycles. The molecular formula is C24H25FN6O4S. The van der Waals surface area contributed by atoms with Gasteiger partial charge in [0.1, 0.15) is 28.8 Å². The van der Waals surface area contributed by atoms with Crippen LogP contribution in [0.15, 0.2) is 48.9 Å². The Morgan fingerprint density at radius 1 is 0.972 bits per heavy atom. The molecule has 4 rings (SSSR count). The van der Waals surface area contributed by atoms with Gasteiger partial charge in [-0.15, -0.1) is 10.2 Å². The van der Waals surface area contributed by atoms with E-state index in [0.717, 1.165) is 18.1 Å². The second-order valence-electron chi connectivity index (χ2n) is 8.11. The number of methoxy groups -OCH3 is 2. The van der Waals surface area contributed by atoms with Gasteiger partial charge in [0, 0.05) is 23.9 Å². The third kappa shape index (κ3) is 5.18. The first-order valence-corrected chi connectivity index (χ1v) is 12.7. The lowest BCUT2D eigenvalue weighted by atomic mass is 10.2. The van der Waals surface area contributed by atoms with Crippen molar-refractivity contribution in [3.63, 3.8) is 0 Å². The molecule has 0 saturated heterocycles. The van der Waals surface area contributed by atoms with E-state index in [4.69, 9.17) is 9.47 Å². The minimum atomic E-state index is -3.76. The van der Waals surface area contributed by atoms with E-state index in [1.807, 2.05) is 19.1 Å². The lowest BCUT2D eigenvalue weighted by Crippen LogP contribution is -2.24. The van der Waals surface area contributed by atoms with Crippen LogP contribution in [0.3, 0.4) is 0 Å². The number of nitrogens with zero attached hydrogens (tertiary/aromatic N) is 6. The monoisotopic (exact) mass is 512 g/mol. The Morgan fingerprint density at radius 2 is 1.64 bits per heavy atom. The van der Waals surface area contributed by atoms with Crippen LogP contribution in [0.2, 0.25) is 0 Å². The molecule has 36 heavy (non-hydrogen) atoms. The lowest BCUT2D eigenvalue weighted by Gasteiger charge is -2.18. The third-order valence-corrected chi connectivity index (χ3v) is 7.67. The molecule has 1 atom stereocenters. The third-order valence-electron chi connectivity index (χ3n) is 5.61. The summed E-state index contributed by atoms with van der Waals surface area (Å²) in [6.45, 7) is 3.42. The molecule has 0 bridgehead atoms. The molecule has 1 aromatic carbocycles. The summed E-state index contributed by atoms with van der Waals surface area (Å²) in [6.07, 6.45) is 3.68. The van der Waals surface area contributed by atoms with Gasteiger partial charge in [-0.3, -0.25) is 9.55 Å². The topological polar surface area (TPSA) is 122 Å². The Labute approximate surface area is 208 Å². The van der Waals surface area contributed by atoms with Crippen molar-refractivity contribution >= 4 is 9.84 Å². The molecule has 4 aromatic rings. The SMILES string of the molecule is COc1cccc(OC)c1-n1c(CS(=O)(=O)[C@H](C)Cc2ncc(F)cn2)nnc1-c1ccc(C)nc1. The molecule has 0 unspecified atom stereocenters. The first-order chi connectivity index (χ1) is 17.2. The Kier molecular flexibility index (Phi) is 7.25. The van der Waals surface area contributed by atoms with Crippen LogP contribution >= 0.6 is 0 Å². The first-order valence-electron chi connectivity index (χ1n) is 11.0. The second kappa shape index (κ2) is 10.4. The molecule has 0 aliphatic heterocycles. The summed E-state index contributed by atoms with van der Waals surface area (Å²) in [5.41, 5.74) is 1.92. The fraction of sp³-hybridized carbons (Fsp3) is 0.292. The van der Waals surface area contributed by atoms with Gasteiger partial charge in [-0.1, -0.05) is 6.07 Å². The number of benzene rings is 1. The molecule has 0 aliphatic carbocycles. The molecule has 3 heterocycles. The second-order valence-corrected chi connectivity index (χ2v) is 10.5. The Balaban J connectivity index is 1.80. The minimum Gasteiger partial charge on any atom is -0.494 e. The van der Waals surface area contributed by atoms with E-state index in [-0.39, 0.29) is 18.1 Å². The van der Waals surface area contributed by atoms with Gasteiger partial charge in [-0.25, -0.2) is 22.8 Å². The molecule has 188 valence electrons. The summed E-state index contributed by atoms with van der Waals surface area (Å²) in [5.74, 6) is 0.648. The molecule has 0 fully saturated rings. The average Bonchev–Trinajstić information content (AvgIpc) is 3.27. The van der Waals surface area contributed by atoms with Crippen molar-refractivity contribution in [1.29, 1.82) is 0 Å². The summed E-state index contributed by atoms with van der Waals surface area (Å²) in [7, 11) is -0.740. The van der Waals surface area contributed by atoms with Crippen molar-refractivity contribution in [1.82, 2.24) is 29.7 Å². The van der Waals surface area contributed by atoms with Crippen LogP contribution in [-0.2, 0) is 22.0 Å². The number of pyridine rings is 1. The van der Waals surface area contributed by atoms with Crippen LogP contribution in [-0.4, -0.2) is 57.6 Å². The molecular weight excluding hydrogens is 487 g/mol. The quantitative estimate of drug-likeness (QED) is 0.333. The summed E-state index contributed by atoms with van der Waals surface area (Å²) >= 11 is 0. The predicted octanol–water partition coefficient (Wildman–Crippen LogP) is 3.13. The number of rotatable bonds is 9. The number of sulfone groups is 1. The van der Waals surface area contributed by atoms with Crippen LogP contribution in [0.1, 0.15) is 24.3 Å². The van der Waals surface area contributed by atoms with Gasteiger partial charge in [0.2, 0.25) is 0 Å². The minimum absolute atomic E-state index is 0.0173. The molecule has 0 spiro atoms. The summed E-state index contributed by atoms with van der Waals surface area (Å²) in [4.78, 5) is 12.1. The molecule has 0 amide bonds. The van der Waals surface area contributed by atoms with Crippen molar-refractivity contribution in [2.45, 2.75) is 31.3 Å². The summed E-state index contributed by atoms with van der Waals surface area (Å²) in [5, 5.41) is 7.69. The van der Waals surface area contributed by atoms with Gasteiger partial charge in [-0.2, -0.15) is 0 Å². The van der Waals surface area contributed by atoms with Crippen LogP contribution < -0.4 is 9.47 Å². The number of ether oxygens (including phenoxy) is 2. The predicted molar refractivity (Wildman–Crippen MR) is 130 cm³/mol. The number of aromatic nitrogens is 6. The van der Waals surface area contributed by atoms with Crippen LogP contribution in [0, 0.1) is 12.7 Å². The molecule has 0 aliphatic rings. The van der Waals surface area contributed by atoms with Crippen LogP contribution in [0.4, 0.5) is 4.39 Å². The normalized spacial score (nSPS) is 12.4.